The quantitative estimate of drug-likeness (QED) is 0.573. The highest BCUT2D eigenvalue weighted by Gasteiger charge is 2.20. The molecule has 1 amide bonds. The fourth-order valence-electron chi connectivity index (χ4n) is 2.83. The molecule has 158 valence electrons. The molecule has 0 saturated heterocycles. The van der Waals surface area contributed by atoms with Gasteiger partial charge < -0.3 is 9.42 Å². The minimum Gasteiger partial charge on any atom is -0.337 e. The van der Waals surface area contributed by atoms with E-state index < -0.39 is 10.0 Å². The van der Waals surface area contributed by atoms with Crippen LogP contribution in [0.25, 0.3) is 11.4 Å². The number of carbonyl (C=O) groups excluding carboxylic acids is 1. The molecule has 8 nitrogen and oxygen atoms in total. The molecule has 30 heavy (non-hydrogen) atoms. The van der Waals surface area contributed by atoms with Crippen LogP contribution >= 0.6 is 11.6 Å². The number of hydrogen-bond donors (Lipinski definition) is 0. The summed E-state index contributed by atoms with van der Waals surface area (Å²) in [6, 6.07) is 12.0. The molecule has 0 radical (unpaired) electrons. The van der Waals surface area contributed by atoms with Gasteiger partial charge in [0.15, 0.2) is 0 Å². The van der Waals surface area contributed by atoms with Gasteiger partial charge in [-0.15, -0.1) is 0 Å². The number of amides is 1. The average Bonchev–Trinajstić information content (AvgIpc) is 3.15. The summed E-state index contributed by atoms with van der Waals surface area (Å²) in [5.74, 6) is 0.279. The van der Waals surface area contributed by atoms with E-state index in [0.29, 0.717) is 27.7 Å². The lowest BCUT2D eigenvalue weighted by atomic mass is 10.1. The molecule has 10 heteroatoms. The number of anilines is 1. The number of sulfonamides is 1. The van der Waals surface area contributed by atoms with Gasteiger partial charge in [-0.25, -0.2) is 8.42 Å². The molecule has 1 heterocycles. The van der Waals surface area contributed by atoms with Crippen LogP contribution in [0.15, 0.2) is 47.0 Å². The fraction of sp³-hybridized carbons (Fsp3) is 0.250. The summed E-state index contributed by atoms with van der Waals surface area (Å²) >= 11 is 6.16. The van der Waals surface area contributed by atoms with Gasteiger partial charge in [-0.1, -0.05) is 35.0 Å². The number of aromatic nitrogens is 2. The summed E-state index contributed by atoms with van der Waals surface area (Å²) in [5.41, 5.74) is 2.16. The first kappa shape index (κ1) is 21.8. The predicted molar refractivity (Wildman–Crippen MR) is 115 cm³/mol. The Hall–Kier alpha value is -2.91. The van der Waals surface area contributed by atoms with E-state index in [9.17, 15) is 13.2 Å². The van der Waals surface area contributed by atoms with E-state index in [-0.39, 0.29) is 18.3 Å². The molecule has 0 aliphatic heterocycles. The first-order valence-electron chi connectivity index (χ1n) is 8.95. The van der Waals surface area contributed by atoms with Gasteiger partial charge in [0.25, 0.3) is 5.91 Å². The molecular weight excluding hydrogens is 428 g/mol. The molecule has 1 aromatic heterocycles. The van der Waals surface area contributed by atoms with Gasteiger partial charge >= 0.3 is 0 Å². The number of aryl methyl sites for hydroxylation is 1. The fourth-order valence-corrected chi connectivity index (χ4v) is 3.60. The minimum atomic E-state index is -3.45. The summed E-state index contributed by atoms with van der Waals surface area (Å²) in [4.78, 5) is 18.6. The van der Waals surface area contributed by atoms with Crippen molar-refractivity contribution in [1.29, 1.82) is 0 Å². The van der Waals surface area contributed by atoms with Crippen molar-refractivity contribution in [3.05, 3.63) is 64.5 Å². The van der Waals surface area contributed by atoms with Crippen LogP contribution in [0.2, 0.25) is 5.02 Å². The highest BCUT2D eigenvalue weighted by molar-refractivity contribution is 7.92. The third kappa shape index (κ3) is 4.63. The largest absolute Gasteiger partial charge is 0.337 e. The van der Waals surface area contributed by atoms with Crippen molar-refractivity contribution in [2.24, 2.45) is 0 Å². The van der Waals surface area contributed by atoms with Crippen molar-refractivity contribution in [3.63, 3.8) is 0 Å². The minimum absolute atomic E-state index is 0.0847. The molecule has 2 aromatic carbocycles. The molecule has 0 spiro atoms. The smallest absolute Gasteiger partial charge is 0.254 e. The van der Waals surface area contributed by atoms with Crippen molar-refractivity contribution >= 4 is 33.2 Å². The second kappa shape index (κ2) is 8.45. The summed E-state index contributed by atoms with van der Waals surface area (Å²) in [7, 11) is -0.405. The molecule has 0 fully saturated rings. The van der Waals surface area contributed by atoms with Crippen LogP contribution in [0, 0.1) is 6.92 Å². The first-order valence-corrected chi connectivity index (χ1v) is 11.2. The predicted octanol–water partition coefficient (Wildman–Crippen LogP) is 3.37. The van der Waals surface area contributed by atoms with E-state index in [1.165, 1.54) is 11.9 Å². The van der Waals surface area contributed by atoms with Gasteiger partial charge in [0, 0.05) is 25.2 Å². The van der Waals surface area contributed by atoms with E-state index in [2.05, 4.69) is 10.1 Å². The van der Waals surface area contributed by atoms with Gasteiger partial charge in [-0.2, -0.15) is 4.98 Å². The van der Waals surface area contributed by atoms with Gasteiger partial charge in [-0.3, -0.25) is 9.10 Å². The van der Waals surface area contributed by atoms with Crippen molar-refractivity contribution in [2.45, 2.75) is 13.5 Å². The van der Waals surface area contributed by atoms with Gasteiger partial charge in [0.1, 0.15) is 0 Å². The van der Waals surface area contributed by atoms with Crippen molar-refractivity contribution in [2.75, 3.05) is 24.7 Å². The SMILES string of the molecule is Cc1ccc(C(=O)N(C)Cc2nc(-c3ccccc3Cl)no2)cc1N(C)S(C)(=O)=O. The Balaban J connectivity index is 1.79. The maximum absolute atomic E-state index is 12.9. The van der Waals surface area contributed by atoms with Crippen LogP contribution < -0.4 is 4.31 Å². The molecule has 0 bridgehead atoms. The topological polar surface area (TPSA) is 96.6 Å². The maximum atomic E-state index is 12.9. The lowest BCUT2D eigenvalue weighted by Gasteiger charge is -2.21. The maximum Gasteiger partial charge on any atom is 0.254 e. The number of rotatable bonds is 6. The Bertz CT molecular complexity index is 1190. The third-order valence-electron chi connectivity index (χ3n) is 4.59. The second-order valence-electron chi connectivity index (χ2n) is 6.88. The first-order chi connectivity index (χ1) is 14.1. The molecule has 3 rings (SSSR count). The van der Waals surface area contributed by atoms with Gasteiger partial charge in [-0.05, 0) is 36.8 Å². The third-order valence-corrected chi connectivity index (χ3v) is 6.12. The van der Waals surface area contributed by atoms with E-state index >= 15 is 0 Å². The summed E-state index contributed by atoms with van der Waals surface area (Å²) in [5, 5.41) is 4.42. The van der Waals surface area contributed by atoms with Crippen molar-refractivity contribution in [1.82, 2.24) is 15.0 Å². The highest BCUT2D eigenvalue weighted by atomic mass is 35.5. The average molecular weight is 449 g/mol. The molecule has 0 atom stereocenters. The summed E-state index contributed by atoms with van der Waals surface area (Å²) < 4.78 is 30.2. The van der Waals surface area contributed by atoms with Crippen LogP contribution in [0.3, 0.4) is 0 Å². The van der Waals surface area contributed by atoms with Gasteiger partial charge in [0.2, 0.25) is 21.7 Å². The lowest BCUT2D eigenvalue weighted by Crippen LogP contribution is -2.28. The number of nitrogens with zero attached hydrogens (tertiary/aromatic N) is 4. The number of halogens is 1. The lowest BCUT2D eigenvalue weighted by molar-refractivity contribution is 0.0769. The molecular formula is C20H21ClN4O4S. The molecule has 0 aliphatic carbocycles. The van der Waals surface area contributed by atoms with E-state index in [1.807, 2.05) is 6.07 Å². The number of carbonyl (C=O) groups is 1. The zero-order valence-electron chi connectivity index (χ0n) is 17.0. The Morgan fingerprint density at radius 2 is 1.87 bits per heavy atom. The van der Waals surface area contributed by atoms with Crippen LogP contribution in [-0.4, -0.2) is 49.7 Å². The van der Waals surface area contributed by atoms with Crippen molar-refractivity contribution < 1.29 is 17.7 Å². The number of benzene rings is 2. The molecule has 3 aromatic rings. The molecule has 0 N–H and O–H groups in total. The normalized spacial score (nSPS) is 11.4. The Morgan fingerprint density at radius 1 is 1.17 bits per heavy atom. The molecule has 0 unspecified atom stereocenters. The monoisotopic (exact) mass is 448 g/mol. The van der Waals surface area contributed by atoms with Crippen LogP contribution in [-0.2, 0) is 16.6 Å². The van der Waals surface area contributed by atoms with Crippen molar-refractivity contribution in [3.8, 4) is 11.4 Å². The highest BCUT2D eigenvalue weighted by Crippen LogP contribution is 2.26. The second-order valence-corrected chi connectivity index (χ2v) is 9.31. The Morgan fingerprint density at radius 3 is 2.53 bits per heavy atom. The standard InChI is InChI=1S/C20H21ClN4O4S/c1-13-9-10-14(11-17(13)25(3)30(4,27)28)20(26)24(2)12-18-22-19(23-29-18)15-7-5-6-8-16(15)21/h5-11H,12H2,1-4H3. The van der Waals surface area contributed by atoms with Gasteiger partial charge in [0.05, 0.1) is 23.5 Å². The molecule has 0 saturated carbocycles. The zero-order chi connectivity index (χ0) is 22.1. The van der Waals surface area contributed by atoms with E-state index in [4.69, 9.17) is 16.1 Å². The summed E-state index contributed by atoms with van der Waals surface area (Å²) in [6.45, 7) is 1.87. The van der Waals surface area contributed by atoms with E-state index in [1.54, 1.807) is 50.4 Å². The van der Waals surface area contributed by atoms with Crippen LogP contribution in [0.4, 0.5) is 5.69 Å². The van der Waals surface area contributed by atoms with E-state index in [0.717, 1.165) is 16.1 Å². The zero-order valence-corrected chi connectivity index (χ0v) is 18.5. The number of hydrogen-bond acceptors (Lipinski definition) is 6. The Labute approximate surface area is 180 Å². The molecule has 0 aliphatic rings. The summed E-state index contributed by atoms with van der Waals surface area (Å²) in [6.07, 6.45) is 1.11. The van der Waals surface area contributed by atoms with Crippen LogP contribution in [0.5, 0.6) is 0 Å². The Kier molecular flexibility index (Phi) is 6.14. The van der Waals surface area contributed by atoms with Crippen LogP contribution in [0.1, 0.15) is 21.8 Å².